The van der Waals surface area contributed by atoms with E-state index < -0.39 is 0 Å². The Morgan fingerprint density at radius 1 is 1.25 bits per heavy atom. The van der Waals surface area contributed by atoms with Gasteiger partial charge in [-0.3, -0.25) is 0 Å². The molecule has 0 saturated carbocycles. The van der Waals surface area contributed by atoms with E-state index in [1.54, 1.807) is 0 Å². The van der Waals surface area contributed by atoms with E-state index in [1.807, 2.05) is 0 Å². The monoisotopic (exact) mass is 245 g/mol. The zero-order chi connectivity index (χ0) is 2.00. The molecule has 0 fully saturated rings. The van der Waals surface area contributed by atoms with Gasteiger partial charge < -0.3 is 17.3 Å². The topological polar surface area (TPSA) is 53.8 Å². The Hall–Kier alpha value is 0.385. The Bertz CT molecular complexity index is 12.8. The summed E-state index contributed by atoms with van der Waals surface area (Å²) < 4.78 is 0. The Kier molecular flexibility index (Phi) is 850. The maximum Gasteiger partial charge on any atom is 2.00 e. The summed E-state index contributed by atoms with van der Waals surface area (Å²) in [6.07, 6.45) is 0. The van der Waals surface area contributed by atoms with E-state index in [9.17, 15) is 0 Å². The van der Waals surface area contributed by atoms with Crippen LogP contribution in [0.1, 0.15) is 0 Å². The molecule has 4 heavy (non-hydrogen) atoms. The summed E-state index contributed by atoms with van der Waals surface area (Å²) in [6, 6.07) is 0. The van der Waals surface area contributed by atoms with Gasteiger partial charge in [0.1, 0.15) is 0 Å². The first-order chi connectivity index (χ1) is 1.00. The van der Waals surface area contributed by atoms with Crippen molar-refractivity contribution in [3.63, 3.8) is 0 Å². The Labute approximate surface area is 45.2 Å². The van der Waals surface area contributed by atoms with E-state index in [1.165, 1.54) is 0 Å². The van der Waals surface area contributed by atoms with Crippen molar-refractivity contribution >= 4 is 0 Å². The smallest absolute Gasteiger partial charge is 0.870 e. The normalized spacial score (nSPS) is 0.500. The predicted octanol–water partition coefficient (Wildman–Crippen LogP) is -0.0829. The second-order valence-corrected chi connectivity index (χ2v) is 0. The molecule has 0 aromatic heterocycles. The van der Waals surface area contributed by atoms with Crippen LogP contribution in [0.15, 0.2) is 0 Å². The molecule has 2 nitrogen and oxygen atoms in total. The van der Waals surface area contributed by atoms with Crippen LogP contribution < -0.4 is 0 Å². The van der Waals surface area contributed by atoms with Crippen LogP contribution in [0.4, 0.5) is 0 Å². The first kappa shape index (κ1) is 26.2. The third-order valence-electron chi connectivity index (χ3n) is 0. The van der Waals surface area contributed by atoms with Crippen molar-refractivity contribution in [2.24, 2.45) is 0 Å². The summed E-state index contributed by atoms with van der Waals surface area (Å²) in [5, 5.41) is 6.25. The van der Waals surface area contributed by atoms with Gasteiger partial charge in [0, 0.05) is 0 Å². The Balaban J connectivity index is -0.00000000500. The minimum absolute atomic E-state index is 0. The van der Waals surface area contributed by atoms with Crippen molar-refractivity contribution in [1.29, 1.82) is 5.26 Å². The van der Waals surface area contributed by atoms with Gasteiger partial charge in [-0.25, -0.2) is 0 Å². The molecule has 0 aliphatic rings. The van der Waals surface area contributed by atoms with Gasteiger partial charge in [0.2, 0.25) is 0 Å². The van der Waals surface area contributed by atoms with E-state index in [0.717, 1.165) is 0 Å². The number of hydrogen-bond donors (Lipinski definition) is 0. The molecule has 0 spiro atoms. The van der Waals surface area contributed by atoms with Gasteiger partial charge in [-0.15, -0.1) is 0 Å². The van der Waals surface area contributed by atoms with Crippen molar-refractivity contribution in [3.8, 4) is 0 Å². The number of nitrogens with zero attached hydrogens (tertiary/aromatic N) is 1. The standard InChI is InChI=1S/CN.Hg.H2O/c1-2;;/h;;1H2/q-1;+2;/p-1. The molecule has 0 aliphatic heterocycles. The van der Waals surface area contributed by atoms with E-state index >= 15 is 0 Å². The SMILES string of the molecule is [C-]#N.[Hg+2].[OH-]. The summed E-state index contributed by atoms with van der Waals surface area (Å²) in [5.41, 5.74) is 0. The molecule has 0 aliphatic carbocycles. The van der Waals surface area contributed by atoms with Crippen LogP contribution >= 0.6 is 0 Å². The van der Waals surface area contributed by atoms with Crippen LogP contribution in [0.3, 0.4) is 0 Å². The minimum atomic E-state index is 0. The van der Waals surface area contributed by atoms with Gasteiger partial charge in [0.05, 0.1) is 0 Å². The molecule has 18 valence electrons. The first-order valence-corrected chi connectivity index (χ1v) is 0.224. The largest absolute Gasteiger partial charge is 2.00 e. The average molecular weight is 244 g/mol. The molecule has 0 radical (unpaired) electrons. The molecular formula is CHHgNO. The zero-order valence-electron chi connectivity index (χ0n) is 2.10. The average Bonchev–Trinajstić information content (AvgIpc) is 1.00. The quantitative estimate of drug-likeness (QED) is 0.441. The summed E-state index contributed by atoms with van der Waals surface area (Å²) in [6.45, 7) is 4.75. The van der Waals surface area contributed by atoms with Crippen molar-refractivity contribution < 1.29 is 33.1 Å². The van der Waals surface area contributed by atoms with E-state index in [-0.39, 0.29) is 33.1 Å². The van der Waals surface area contributed by atoms with Crippen LogP contribution in [0, 0.1) is 11.8 Å². The van der Waals surface area contributed by atoms with Crippen LogP contribution in [0.5, 0.6) is 0 Å². The molecule has 1 N–H and O–H groups in total. The van der Waals surface area contributed by atoms with E-state index in [4.69, 9.17) is 11.8 Å². The van der Waals surface area contributed by atoms with Gasteiger partial charge in [-0.1, -0.05) is 0 Å². The maximum absolute atomic E-state index is 6.25. The summed E-state index contributed by atoms with van der Waals surface area (Å²) >= 11 is 0. The molecule has 0 heterocycles. The molecule has 0 saturated heterocycles. The second kappa shape index (κ2) is 130. The first-order valence-electron chi connectivity index (χ1n) is 0.224. The summed E-state index contributed by atoms with van der Waals surface area (Å²) in [7, 11) is 0. The van der Waals surface area contributed by atoms with Gasteiger partial charge in [0.15, 0.2) is 0 Å². The predicted molar refractivity (Wildman–Crippen MR) is 6.90 cm³/mol. The summed E-state index contributed by atoms with van der Waals surface area (Å²) in [4.78, 5) is 0. The fourth-order valence-electron chi connectivity index (χ4n) is 0. The van der Waals surface area contributed by atoms with E-state index in [2.05, 4.69) is 0 Å². The molecule has 0 bridgehead atoms. The Morgan fingerprint density at radius 3 is 1.25 bits per heavy atom. The molecular weight excluding hydrogens is 243 g/mol. The van der Waals surface area contributed by atoms with Gasteiger partial charge in [0.25, 0.3) is 0 Å². The van der Waals surface area contributed by atoms with Crippen molar-refractivity contribution in [2.75, 3.05) is 0 Å². The van der Waals surface area contributed by atoms with Gasteiger partial charge >= 0.3 is 27.7 Å². The second-order valence-electron chi connectivity index (χ2n) is 0. The maximum atomic E-state index is 6.25. The van der Waals surface area contributed by atoms with Gasteiger partial charge in [-0.2, -0.15) is 0 Å². The van der Waals surface area contributed by atoms with Crippen LogP contribution in [0.25, 0.3) is 0 Å². The number of hydrogen-bond acceptors (Lipinski definition) is 2. The minimum Gasteiger partial charge on any atom is -0.870 e. The molecule has 3 heteroatoms. The molecule has 0 aromatic rings. The third-order valence-corrected chi connectivity index (χ3v) is 0. The van der Waals surface area contributed by atoms with E-state index in [0.29, 0.717) is 0 Å². The zero-order valence-corrected chi connectivity index (χ0v) is 7.60. The fraction of sp³-hybridized carbons (Fsp3) is 0. The van der Waals surface area contributed by atoms with Crippen LogP contribution in [-0.2, 0) is 27.7 Å². The van der Waals surface area contributed by atoms with Crippen LogP contribution in [0.2, 0.25) is 0 Å². The number of rotatable bonds is 0. The molecule has 0 unspecified atom stereocenters. The summed E-state index contributed by atoms with van der Waals surface area (Å²) in [5.74, 6) is 0. The molecule has 0 aromatic carbocycles. The molecule has 0 amide bonds. The van der Waals surface area contributed by atoms with Crippen LogP contribution in [-0.4, -0.2) is 5.48 Å². The molecule has 0 atom stereocenters. The molecule has 0 rings (SSSR count). The van der Waals surface area contributed by atoms with Gasteiger partial charge in [-0.05, 0) is 0 Å². The third kappa shape index (κ3) is 30.9. The Morgan fingerprint density at radius 2 is 1.25 bits per heavy atom. The van der Waals surface area contributed by atoms with Crippen molar-refractivity contribution in [2.45, 2.75) is 0 Å². The fourth-order valence-corrected chi connectivity index (χ4v) is 0. The van der Waals surface area contributed by atoms with Crippen molar-refractivity contribution in [1.82, 2.24) is 0 Å². The van der Waals surface area contributed by atoms with Crippen molar-refractivity contribution in [3.05, 3.63) is 6.57 Å².